The molecule has 4 rings (SSSR count). The number of nitrogens with one attached hydrogen (secondary N) is 1. The van der Waals surface area contributed by atoms with E-state index in [4.69, 9.17) is 4.74 Å². The number of ether oxygens (including phenoxy) is 1. The van der Waals surface area contributed by atoms with Crippen LogP contribution >= 0.6 is 0 Å². The molecule has 0 saturated heterocycles. The van der Waals surface area contributed by atoms with Gasteiger partial charge in [-0.1, -0.05) is 26.7 Å². The average Bonchev–Trinajstić information content (AvgIpc) is 3.19. The molecule has 2 aromatic rings. The van der Waals surface area contributed by atoms with Gasteiger partial charge in [-0.3, -0.25) is 14.5 Å². The van der Waals surface area contributed by atoms with Gasteiger partial charge in [-0.15, -0.1) is 0 Å². The summed E-state index contributed by atoms with van der Waals surface area (Å²) in [5, 5.41) is 3.28. The van der Waals surface area contributed by atoms with E-state index in [0.29, 0.717) is 24.1 Å². The van der Waals surface area contributed by atoms with Gasteiger partial charge in [0.25, 0.3) is 0 Å². The highest BCUT2D eigenvalue weighted by Gasteiger charge is 2.40. The maximum absolute atomic E-state index is 13.5. The van der Waals surface area contributed by atoms with E-state index in [0.717, 1.165) is 24.3 Å². The lowest BCUT2D eigenvalue weighted by Gasteiger charge is -2.39. The maximum Gasteiger partial charge on any atom is 0.249 e. The Bertz CT molecular complexity index is 905. The molecule has 2 aliphatic rings. The number of hydrogen-bond acceptors (Lipinski definition) is 3. The highest BCUT2D eigenvalue weighted by molar-refractivity contribution is 6.02. The van der Waals surface area contributed by atoms with Crippen LogP contribution in [0.25, 0.3) is 0 Å². The van der Waals surface area contributed by atoms with E-state index in [-0.39, 0.29) is 24.4 Å². The molecule has 0 unspecified atom stereocenters. The number of nitrogens with zero attached hydrogens (tertiary/aromatic N) is 2. The fraction of sp³-hybridized carbons (Fsp3) is 0.500. The van der Waals surface area contributed by atoms with Gasteiger partial charge in [0.15, 0.2) is 6.04 Å². The molecular weight excluding hydrogens is 378 g/mol. The van der Waals surface area contributed by atoms with Gasteiger partial charge in [-0.2, -0.15) is 0 Å². The van der Waals surface area contributed by atoms with E-state index >= 15 is 0 Å². The minimum absolute atomic E-state index is 0.0897. The molecule has 160 valence electrons. The first-order valence-corrected chi connectivity index (χ1v) is 11.0. The van der Waals surface area contributed by atoms with E-state index in [1.807, 2.05) is 54.1 Å². The van der Waals surface area contributed by atoms with Gasteiger partial charge in [0.05, 0.1) is 12.3 Å². The predicted molar refractivity (Wildman–Crippen MR) is 116 cm³/mol. The van der Waals surface area contributed by atoms with Crippen molar-refractivity contribution >= 4 is 17.5 Å². The van der Waals surface area contributed by atoms with Crippen LogP contribution < -0.4 is 15.0 Å². The molecule has 0 spiro atoms. The number of amides is 2. The quantitative estimate of drug-likeness (QED) is 0.814. The molecule has 1 saturated carbocycles. The second-order valence-electron chi connectivity index (χ2n) is 8.54. The largest absolute Gasteiger partial charge is 0.494 e. The molecule has 1 aliphatic carbocycles. The number of hydrogen-bond donors (Lipinski definition) is 1. The number of aromatic nitrogens is 1. The van der Waals surface area contributed by atoms with Crippen molar-refractivity contribution in [2.75, 3.05) is 11.5 Å². The molecule has 0 radical (unpaired) electrons. The molecule has 0 bridgehead atoms. The summed E-state index contributed by atoms with van der Waals surface area (Å²) in [4.78, 5) is 28.3. The highest BCUT2D eigenvalue weighted by atomic mass is 16.5. The van der Waals surface area contributed by atoms with Crippen molar-refractivity contribution in [1.82, 2.24) is 9.88 Å². The topological polar surface area (TPSA) is 63.6 Å². The van der Waals surface area contributed by atoms with Gasteiger partial charge >= 0.3 is 0 Å². The van der Waals surface area contributed by atoms with Crippen molar-refractivity contribution in [3.63, 3.8) is 0 Å². The van der Waals surface area contributed by atoms with Crippen LogP contribution in [0.3, 0.4) is 0 Å². The standard InChI is InChI=1S/C24H31N3O3/c1-4-30-19-12-10-18(11-13-19)27-22(28)15-26-14-6-9-21(26)23(27)24(29)25-20-8-5-7-16(2)17(20)3/h6,9-14,16-17,20,23H,4-5,7-8,15H2,1-3H3,(H,25,29)/t16-,17-,20+,23+/m0/s1. The van der Waals surface area contributed by atoms with E-state index in [1.54, 1.807) is 4.90 Å². The lowest BCUT2D eigenvalue weighted by molar-refractivity contribution is -0.129. The number of fused-ring (bicyclic) bond motifs is 1. The van der Waals surface area contributed by atoms with Crippen molar-refractivity contribution < 1.29 is 14.3 Å². The summed E-state index contributed by atoms with van der Waals surface area (Å²) in [5.74, 6) is 1.56. The summed E-state index contributed by atoms with van der Waals surface area (Å²) in [6.45, 7) is 7.22. The molecule has 30 heavy (non-hydrogen) atoms. The summed E-state index contributed by atoms with van der Waals surface area (Å²) < 4.78 is 7.41. The molecule has 1 fully saturated rings. The molecule has 2 heterocycles. The SMILES string of the molecule is CCOc1ccc(N2C(=O)Cn3cccc3[C@@H]2C(=O)N[C@@H]2CCC[C@H](C)[C@@H]2C)cc1. The Balaban J connectivity index is 1.64. The van der Waals surface area contributed by atoms with Crippen LogP contribution in [0.2, 0.25) is 0 Å². The summed E-state index contributed by atoms with van der Waals surface area (Å²) >= 11 is 0. The van der Waals surface area contributed by atoms with Crippen LogP contribution in [-0.2, 0) is 16.1 Å². The molecule has 1 aliphatic heterocycles. The summed E-state index contributed by atoms with van der Waals surface area (Å²) in [6, 6.07) is 10.7. The molecule has 2 amide bonds. The third kappa shape index (κ3) is 3.83. The van der Waals surface area contributed by atoms with Gasteiger partial charge in [0.1, 0.15) is 12.3 Å². The lowest BCUT2D eigenvalue weighted by Crippen LogP contribution is -2.53. The van der Waals surface area contributed by atoms with Crippen molar-refractivity contribution in [3.8, 4) is 5.75 Å². The molecule has 6 heteroatoms. The average molecular weight is 410 g/mol. The van der Waals surface area contributed by atoms with Gasteiger partial charge in [-0.25, -0.2) is 0 Å². The number of carbonyl (C=O) groups excluding carboxylic acids is 2. The summed E-state index contributed by atoms with van der Waals surface area (Å²) in [5.41, 5.74) is 1.55. The van der Waals surface area contributed by atoms with Crippen molar-refractivity contribution in [2.45, 2.75) is 58.7 Å². The fourth-order valence-electron chi connectivity index (χ4n) is 4.78. The van der Waals surface area contributed by atoms with Crippen LogP contribution in [-0.4, -0.2) is 29.0 Å². The third-order valence-electron chi connectivity index (χ3n) is 6.69. The number of rotatable bonds is 5. The highest BCUT2D eigenvalue weighted by Crippen LogP contribution is 2.35. The van der Waals surface area contributed by atoms with Gasteiger partial charge in [0, 0.05) is 17.9 Å². The molecule has 1 N–H and O–H groups in total. The second-order valence-corrected chi connectivity index (χ2v) is 8.54. The number of anilines is 1. The minimum atomic E-state index is -0.677. The van der Waals surface area contributed by atoms with Crippen LogP contribution in [0.15, 0.2) is 42.6 Å². The van der Waals surface area contributed by atoms with E-state index in [1.165, 1.54) is 6.42 Å². The van der Waals surface area contributed by atoms with Crippen LogP contribution in [0.1, 0.15) is 51.8 Å². The Hall–Kier alpha value is -2.76. The zero-order chi connectivity index (χ0) is 21.3. The maximum atomic E-state index is 13.5. The monoisotopic (exact) mass is 409 g/mol. The Morgan fingerprint density at radius 3 is 2.67 bits per heavy atom. The van der Waals surface area contributed by atoms with Crippen LogP contribution in [0, 0.1) is 11.8 Å². The summed E-state index contributed by atoms with van der Waals surface area (Å²) in [7, 11) is 0. The number of carbonyl (C=O) groups is 2. The molecular formula is C24H31N3O3. The smallest absolute Gasteiger partial charge is 0.249 e. The Labute approximate surface area is 178 Å². The van der Waals surface area contributed by atoms with Crippen molar-refractivity contribution in [3.05, 3.63) is 48.3 Å². The van der Waals surface area contributed by atoms with Gasteiger partial charge < -0.3 is 14.6 Å². The second kappa shape index (κ2) is 8.54. The van der Waals surface area contributed by atoms with E-state index < -0.39 is 6.04 Å². The van der Waals surface area contributed by atoms with Gasteiger partial charge in [-0.05, 0) is 61.6 Å². The molecule has 1 aromatic carbocycles. The lowest BCUT2D eigenvalue weighted by atomic mass is 9.78. The third-order valence-corrected chi connectivity index (χ3v) is 6.69. The van der Waals surface area contributed by atoms with Crippen LogP contribution in [0.4, 0.5) is 5.69 Å². The fourth-order valence-corrected chi connectivity index (χ4v) is 4.78. The number of benzene rings is 1. The van der Waals surface area contributed by atoms with Crippen LogP contribution in [0.5, 0.6) is 5.75 Å². The first kappa shape index (κ1) is 20.5. The summed E-state index contributed by atoms with van der Waals surface area (Å²) in [6.07, 6.45) is 5.19. The molecule has 4 atom stereocenters. The Kier molecular flexibility index (Phi) is 5.84. The first-order chi connectivity index (χ1) is 14.5. The minimum Gasteiger partial charge on any atom is -0.494 e. The van der Waals surface area contributed by atoms with E-state index in [9.17, 15) is 9.59 Å². The normalized spacial score (nSPS) is 26.2. The van der Waals surface area contributed by atoms with Crippen molar-refractivity contribution in [1.29, 1.82) is 0 Å². The zero-order valence-corrected chi connectivity index (χ0v) is 18.0. The first-order valence-electron chi connectivity index (χ1n) is 11.0. The van der Waals surface area contributed by atoms with Gasteiger partial charge in [0.2, 0.25) is 11.8 Å². The molecule has 6 nitrogen and oxygen atoms in total. The Morgan fingerprint density at radius 2 is 1.93 bits per heavy atom. The predicted octanol–water partition coefficient (Wildman–Crippen LogP) is 3.92. The molecule has 1 aromatic heterocycles. The zero-order valence-electron chi connectivity index (χ0n) is 18.0. The Morgan fingerprint density at radius 1 is 1.17 bits per heavy atom. The van der Waals surface area contributed by atoms with E-state index in [2.05, 4.69) is 19.2 Å². The van der Waals surface area contributed by atoms with Crippen molar-refractivity contribution in [2.24, 2.45) is 11.8 Å².